The van der Waals surface area contributed by atoms with Crippen LogP contribution in [0.1, 0.15) is 19.3 Å². The van der Waals surface area contributed by atoms with Crippen LogP contribution in [-0.2, 0) is 0 Å². The van der Waals surface area contributed by atoms with Crippen LogP contribution in [0.2, 0.25) is 5.02 Å². The zero-order valence-corrected chi connectivity index (χ0v) is 9.28. The Morgan fingerprint density at radius 3 is 2.73 bits per heavy atom. The summed E-state index contributed by atoms with van der Waals surface area (Å²) >= 11 is 5.93. The number of aliphatic hydroxyl groups excluding tert-OH is 1. The summed E-state index contributed by atoms with van der Waals surface area (Å²) in [6.07, 6.45) is 3.11. The molecule has 1 aliphatic carbocycles. The summed E-state index contributed by atoms with van der Waals surface area (Å²) in [5, 5.41) is 10.3. The second-order valence-corrected chi connectivity index (χ2v) is 4.41. The molecule has 0 radical (unpaired) electrons. The Morgan fingerprint density at radius 1 is 1.40 bits per heavy atom. The molecule has 1 saturated carbocycles. The minimum atomic E-state index is -0.352. The monoisotopic (exact) mass is 226 g/mol. The third-order valence-electron chi connectivity index (χ3n) is 2.94. The van der Waals surface area contributed by atoms with Crippen molar-refractivity contribution in [1.29, 1.82) is 0 Å². The summed E-state index contributed by atoms with van der Waals surface area (Å²) in [4.78, 5) is 0. The first kappa shape index (κ1) is 10.8. The summed E-state index contributed by atoms with van der Waals surface area (Å²) in [6.45, 7) is 0.342. The van der Waals surface area contributed by atoms with Crippen LogP contribution in [0.5, 0.6) is 5.75 Å². The van der Waals surface area contributed by atoms with Crippen LogP contribution in [0.3, 0.4) is 0 Å². The van der Waals surface area contributed by atoms with E-state index in [1.807, 2.05) is 18.2 Å². The van der Waals surface area contributed by atoms with Crippen LogP contribution in [0, 0.1) is 5.92 Å². The molecule has 1 aromatic carbocycles. The Balaban J connectivity index is 1.84. The Bertz CT molecular complexity index is 323. The van der Waals surface area contributed by atoms with Gasteiger partial charge in [0.1, 0.15) is 12.4 Å². The van der Waals surface area contributed by atoms with Crippen molar-refractivity contribution in [3.63, 3.8) is 0 Å². The lowest BCUT2D eigenvalue weighted by Gasteiger charge is -2.30. The van der Waals surface area contributed by atoms with Gasteiger partial charge in [-0.25, -0.2) is 0 Å². The Labute approximate surface area is 94.8 Å². The van der Waals surface area contributed by atoms with Gasteiger partial charge in [-0.3, -0.25) is 0 Å². The number of ether oxygens (including phenoxy) is 1. The quantitative estimate of drug-likeness (QED) is 0.856. The highest BCUT2D eigenvalue weighted by Crippen LogP contribution is 2.30. The van der Waals surface area contributed by atoms with Gasteiger partial charge in [-0.15, -0.1) is 0 Å². The number of benzene rings is 1. The first-order valence-electron chi connectivity index (χ1n) is 5.33. The van der Waals surface area contributed by atoms with Crippen LogP contribution in [0.4, 0.5) is 0 Å². The van der Waals surface area contributed by atoms with E-state index in [1.165, 1.54) is 6.42 Å². The Kier molecular flexibility index (Phi) is 3.49. The molecule has 0 amide bonds. The maximum Gasteiger partial charge on any atom is 0.138 e. The van der Waals surface area contributed by atoms with E-state index in [2.05, 4.69) is 0 Å². The zero-order valence-electron chi connectivity index (χ0n) is 8.53. The first-order chi connectivity index (χ1) is 7.27. The number of hydrogen-bond donors (Lipinski definition) is 1. The highest BCUT2D eigenvalue weighted by Gasteiger charge is 2.25. The summed E-state index contributed by atoms with van der Waals surface area (Å²) in [6, 6.07) is 7.33. The van der Waals surface area contributed by atoms with Gasteiger partial charge in [0.2, 0.25) is 0 Å². The van der Waals surface area contributed by atoms with Gasteiger partial charge in [0.05, 0.1) is 11.1 Å². The van der Waals surface area contributed by atoms with Gasteiger partial charge in [-0.1, -0.05) is 30.2 Å². The molecule has 2 nitrogen and oxygen atoms in total. The molecular weight excluding hydrogens is 212 g/mol. The zero-order chi connectivity index (χ0) is 10.7. The smallest absolute Gasteiger partial charge is 0.138 e. The minimum absolute atomic E-state index is 0.342. The van der Waals surface area contributed by atoms with Crippen molar-refractivity contribution in [2.24, 2.45) is 5.92 Å². The van der Waals surface area contributed by atoms with E-state index in [0.717, 1.165) is 12.8 Å². The fourth-order valence-corrected chi connectivity index (χ4v) is 1.89. The lowest BCUT2D eigenvalue weighted by molar-refractivity contribution is 0.0241. The molecule has 15 heavy (non-hydrogen) atoms. The summed E-state index contributed by atoms with van der Waals surface area (Å²) in [5.41, 5.74) is 0. The number of halogens is 1. The molecule has 0 saturated heterocycles. The summed E-state index contributed by atoms with van der Waals surface area (Å²) < 4.78 is 5.47. The predicted octanol–water partition coefficient (Wildman–Crippen LogP) is 2.88. The van der Waals surface area contributed by atoms with Crippen molar-refractivity contribution in [2.75, 3.05) is 6.61 Å². The molecule has 3 heteroatoms. The Morgan fingerprint density at radius 2 is 2.13 bits per heavy atom. The second-order valence-electron chi connectivity index (χ2n) is 4.00. The van der Waals surface area contributed by atoms with E-state index in [0.29, 0.717) is 23.3 Å². The van der Waals surface area contributed by atoms with Crippen molar-refractivity contribution in [2.45, 2.75) is 25.4 Å². The van der Waals surface area contributed by atoms with Gasteiger partial charge in [-0.2, -0.15) is 0 Å². The fourth-order valence-electron chi connectivity index (χ4n) is 1.70. The van der Waals surface area contributed by atoms with Crippen LogP contribution in [0.15, 0.2) is 24.3 Å². The van der Waals surface area contributed by atoms with Gasteiger partial charge in [0.15, 0.2) is 0 Å². The van der Waals surface area contributed by atoms with Crippen molar-refractivity contribution >= 4 is 11.6 Å². The van der Waals surface area contributed by atoms with Crippen LogP contribution >= 0.6 is 11.6 Å². The minimum Gasteiger partial charge on any atom is -0.489 e. The van der Waals surface area contributed by atoms with Crippen LogP contribution < -0.4 is 4.74 Å². The van der Waals surface area contributed by atoms with E-state index < -0.39 is 0 Å². The maximum absolute atomic E-state index is 9.75. The highest BCUT2D eigenvalue weighted by molar-refractivity contribution is 6.32. The molecule has 1 atom stereocenters. The molecule has 0 heterocycles. The third-order valence-corrected chi connectivity index (χ3v) is 3.25. The molecule has 1 fully saturated rings. The van der Waals surface area contributed by atoms with E-state index in [1.54, 1.807) is 6.07 Å². The SMILES string of the molecule is OC(COc1ccccc1Cl)C1CCC1. The van der Waals surface area contributed by atoms with E-state index >= 15 is 0 Å². The lowest BCUT2D eigenvalue weighted by Crippen LogP contribution is -2.31. The maximum atomic E-state index is 9.75. The molecule has 1 N–H and O–H groups in total. The molecule has 2 rings (SSSR count). The van der Waals surface area contributed by atoms with Crippen molar-refractivity contribution in [3.05, 3.63) is 29.3 Å². The first-order valence-corrected chi connectivity index (χ1v) is 5.70. The largest absolute Gasteiger partial charge is 0.489 e. The summed E-state index contributed by atoms with van der Waals surface area (Å²) in [7, 11) is 0. The van der Waals surface area contributed by atoms with Gasteiger partial charge in [0, 0.05) is 0 Å². The average molecular weight is 227 g/mol. The fraction of sp³-hybridized carbons (Fsp3) is 0.500. The number of rotatable bonds is 4. The van der Waals surface area contributed by atoms with Gasteiger partial charge in [0.25, 0.3) is 0 Å². The van der Waals surface area contributed by atoms with E-state index in [4.69, 9.17) is 16.3 Å². The van der Waals surface area contributed by atoms with Gasteiger partial charge >= 0.3 is 0 Å². The number of aliphatic hydroxyl groups is 1. The highest BCUT2D eigenvalue weighted by atomic mass is 35.5. The third kappa shape index (κ3) is 2.64. The topological polar surface area (TPSA) is 29.5 Å². The van der Waals surface area contributed by atoms with Gasteiger partial charge < -0.3 is 9.84 Å². The molecule has 0 bridgehead atoms. The van der Waals surface area contributed by atoms with Crippen molar-refractivity contribution in [3.8, 4) is 5.75 Å². The van der Waals surface area contributed by atoms with Crippen LogP contribution in [-0.4, -0.2) is 17.8 Å². The molecule has 1 aliphatic rings. The van der Waals surface area contributed by atoms with Crippen LogP contribution in [0.25, 0.3) is 0 Å². The van der Waals surface area contributed by atoms with Crippen molar-refractivity contribution < 1.29 is 9.84 Å². The molecule has 1 aromatic rings. The number of hydrogen-bond acceptors (Lipinski definition) is 2. The molecule has 0 aromatic heterocycles. The molecule has 0 spiro atoms. The summed E-state index contributed by atoms with van der Waals surface area (Å²) in [5.74, 6) is 1.07. The lowest BCUT2D eigenvalue weighted by atomic mass is 9.81. The van der Waals surface area contributed by atoms with Crippen molar-refractivity contribution in [1.82, 2.24) is 0 Å². The van der Waals surface area contributed by atoms with E-state index in [-0.39, 0.29) is 6.10 Å². The standard InChI is InChI=1S/C12H15ClO2/c13-10-6-1-2-7-12(10)15-8-11(14)9-4-3-5-9/h1-2,6-7,9,11,14H,3-5,8H2. The second kappa shape index (κ2) is 4.86. The van der Waals surface area contributed by atoms with Gasteiger partial charge in [-0.05, 0) is 30.9 Å². The Hall–Kier alpha value is -0.730. The predicted molar refractivity (Wildman–Crippen MR) is 60.3 cm³/mol. The molecular formula is C12H15ClO2. The average Bonchev–Trinajstić information content (AvgIpc) is 2.14. The molecule has 82 valence electrons. The molecule has 0 aliphatic heterocycles. The number of para-hydroxylation sites is 1. The van der Waals surface area contributed by atoms with E-state index in [9.17, 15) is 5.11 Å². The molecule has 1 unspecified atom stereocenters. The normalized spacial score (nSPS) is 18.3.